The topological polar surface area (TPSA) is 54.5 Å². The van der Waals surface area contributed by atoms with E-state index in [1.807, 2.05) is 25.1 Å². The molecule has 1 amide bonds. The van der Waals surface area contributed by atoms with Gasteiger partial charge in [-0.1, -0.05) is 30.3 Å². The van der Waals surface area contributed by atoms with E-state index in [-0.39, 0.29) is 5.91 Å². The minimum absolute atomic E-state index is 0.0458. The van der Waals surface area contributed by atoms with Gasteiger partial charge in [0.15, 0.2) is 0 Å². The van der Waals surface area contributed by atoms with Crippen molar-refractivity contribution in [3.63, 3.8) is 0 Å². The maximum atomic E-state index is 12.3. The van der Waals surface area contributed by atoms with E-state index < -0.39 is 6.10 Å². The molecule has 1 aliphatic rings. The Morgan fingerprint density at radius 1 is 1.43 bits per heavy atom. The molecule has 1 aromatic heterocycles. The highest BCUT2D eigenvalue weighted by Crippen LogP contribution is 2.13. The zero-order chi connectivity index (χ0) is 16.1. The summed E-state index contributed by atoms with van der Waals surface area (Å²) in [6.07, 6.45) is -0.402. The van der Waals surface area contributed by atoms with Crippen LogP contribution >= 0.6 is 11.3 Å². The number of carbonyl (C=O) groups is 1. The fourth-order valence-corrected chi connectivity index (χ4v) is 3.34. The molecule has 0 spiro atoms. The second-order valence-corrected chi connectivity index (χ2v) is 6.60. The second-order valence-electron chi connectivity index (χ2n) is 5.66. The molecule has 3 rings (SSSR count). The van der Waals surface area contributed by atoms with Gasteiger partial charge in [0.1, 0.15) is 6.10 Å². The number of morpholine rings is 1. The molecule has 2 aromatic rings. The van der Waals surface area contributed by atoms with E-state index in [1.54, 1.807) is 16.8 Å². The third-order valence-corrected chi connectivity index (χ3v) is 4.90. The Labute approximate surface area is 140 Å². The van der Waals surface area contributed by atoms with E-state index in [9.17, 15) is 4.79 Å². The first-order chi connectivity index (χ1) is 11.2. The minimum Gasteiger partial charge on any atom is -0.366 e. The van der Waals surface area contributed by atoms with E-state index in [4.69, 9.17) is 4.74 Å². The summed E-state index contributed by atoms with van der Waals surface area (Å²) in [5.41, 5.74) is 4.04. The summed E-state index contributed by atoms with van der Waals surface area (Å²) in [5, 5.41) is 2.96. The molecular formula is C17H21N3O2S. The highest BCUT2D eigenvalue weighted by Gasteiger charge is 2.26. The van der Waals surface area contributed by atoms with E-state index >= 15 is 0 Å². The lowest BCUT2D eigenvalue weighted by molar-refractivity contribution is -0.138. The summed E-state index contributed by atoms with van der Waals surface area (Å²) in [5.74, 6) is -0.0458. The number of ether oxygens (including phenoxy) is 1. The number of hydrogen-bond acceptors (Lipinski definition) is 5. The van der Waals surface area contributed by atoms with Gasteiger partial charge in [-0.2, -0.15) is 0 Å². The highest BCUT2D eigenvalue weighted by atomic mass is 32.1. The molecule has 1 aliphatic heterocycles. The van der Waals surface area contributed by atoms with Crippen LogP contribution in [-0.2, 0) is 22.6 Å². The van der Waals surface area contributed by atoms with Gasteiger partial charge in [0.25, 0.3) is 5.91 Å². The van der Waals surface area contributed by atoms with E-state index in [0.717, 1.165) is 23.7 Å². The van der Waals surface area contributed by atoms with Gasteiger partial charge in [-0.15, -0.1) is 11.3 Å². The normalized spacial score (nSPS) is 18.7. The summed E-state index contributed by atoms with van der Waals surface area (Å²) in [6, 6.07) is 10.3. The highest BCUT2D eigenvalue weighted by molar-refractivity contribution is 7.09. The molecule has 5 nitrogen and oxygen atoms in total. The van der Waals surface area contributed by atoms with Crippen LogP contribution in [0.2, 0.25) is 0 Å². The molecule has 1 saturated heterocycles. The number of hydrogen-bond donors (Lipinski definition) is 1. The molecule has 2 heterocycles. The molecule has 1 aromatic carbocycles. The van der Waals surface area contributed by atoms with Crippen LogP contribution in [0.4, 0.5) is 0 Å². The monoisotopic (exact) mass is 331 g/mol. The number of carbonyl (C=O) groups excluding carboxylic acids is 1. The van der Waals surface area contributed by atoms with Crippen molar-refractivity contribution in [2.45, 2.75) is 26.1 Å². The molecule has 0 radical (unpaired) electrons. The molecule has 122 valence electrons. The van der Waals surface area contributed by atoms with Crippen molar-refractivity contribution in [3.05, 3.63) is 52.0 Å². The van der Waals surface area contributed by atoms with Crippen LogP contribution in [0, 0.1) is 6.92 Å². The molecule has 0 saturated carbocycles. The second kappa shape index (κ2) is 7.68. The van der Waals surface area contributed by atoms with Gasteiger partial charge in [-0.25, -0.2) is 4.98 Å². The lowest BCUT2D eigenvalue weighted by Gasteiger charge is -2.32. The molecule has 1 fully saturated rings. The van der Waals surface area contributed by atoms with E-state index in [2.05, 4.69) is 27.3 Å². The number of nitrogens with one attached hydrogen (secondary N) is 1. The molecule has 6 heteroatoms. The summed E-state index contributed by atoms with van der Waals surface area (Å²) >= 11 is 1.56. The predicted octanol–water partition coefficient (Wildman–Crippen LogP) is 1.97. The standard InChI is InChI=1S/C17H21N3O2S/c1-13-16(23-12-19-13)9-18-17(21)15-11-20(7-8-22-15)10-14-5-3-2-4-6-14/h2-6,12,15H,7-11H2,1H3,(H,18,21)/t15-/m0/s1. The lowest BCUT2D eigenvalue weighted by atomic mass is 10.2. The van der Waals surface area contributed by atoms with Gasteiger partial charge in [0, 0.05) is 24.5 Å². The van der Waals surface area contributed by atoms with E-state index in [1.165, 1.54) is 5.56 Å². The van der Waals surface area contributed by atoms with Crippen molar-refractivity contribution in [3.8, 4) is 0 Å². The largest absolute Gasteiger partial charge is 0.366 e. The van der Waals surface area contributed by atoms with E-state index in [0.29, 0.717) is 19.7 Å². The van der Waals surface area contributed by atoms with Crippen molar-refractivity contribution in [2.75, 3.05) is 19.7 Å². The first-order valence-corrected chi connectivity index (χ1v) is 8.65. The van der Waals surface area contributed by atoms with Crippen LogP contribution in [0.5, 0.6) is 0 Å². The van der Waals surface area contributed by atoms with Crippen molar-refractivity contribution in [2.24, 2.45) is 0 Å². The first-order valence-electron chi connectivity index (χ1n) is 7.77. The molecule has 0 aliphatic carbocycles. The van der Waals surface area contributed by atoms with Gasteiger partial charge in [0.2, 0.25) is 0 Å². The van der Waals surface area contributed by atoms with Crippen LogP contribution in [0.25, 0.3) is 0 Å². The minimum atomic E-state index is -0.402. The maximum absolute atomic E-state index is 12.3. The van der Waals surface area contributed by atoms with Gasteiger partial charge in [-0.05, 0) is 12.5 Å². The SMILES string of the molecule is Cc1ncsc1CNC(=O)[C@@H]1CN(Cc2ccccc2)CCO1. The van der Waals surface area contributed by atoms with Crippen molar-refractivity contribution in [1.82, 2.24) is 15.2 Å². The quantitative estimate of drug-likeness (QED) is 0.910. The third kappa shape index (κ3) is 4.37. The summed E-state index contributed by atoms with van der Waals surface area (Å²) in [4.78, 5) is 19.9. The fourth-order valence-electron chi connectivity index (χ4n) is 2.62. The molecule has 23 heavy (non-hydrogen) atoms. The number of benzene rings is 1. The number of aromatic nitrogens is 1. The van der Waals surface area contributed by atoms with Crippen molar-refractivity contribution < 1.29 is 9.53 Å². The predicted molar refractivity (Wildman–Crippen MR) is 90.2 cm³/mol. The smallest absolute Gasteiger partial charge is 0.250 e. The van der Waals surface area contributed by atoms with Crippen molar-refractivity contribution >= 4 is 17.2 Å². The Morgan fingerprint density at radius 3 is 3.00 bits per heavy atom. The van der Waals surface area contributed by atoms with Gasteiger partial charge in [0.05, 0.1) is 24.4 Å². The zero-order valence-electron chi connectivity index (χ0n) is 13.2. The van der Waals surface area contributed by atoms with Crippen molar-refractivity contribution in [1.29, 1.82) is 0 Å². The number of aryl methyl sites for hydroxylation is 1. The molecule has 1 atom stereocenters. The van der Waals surface area contributed by atoms with Crippen LogP contribution in [0.3, 0.4) is 0 Å². The van der Waals surface area contributed by atoms with Gasteiger partial charge in [-0.3, -0.25) is 9.69 Å². The van der Waals surface area contributed by atoms with Gasteiger partial charge >= 0.3 is 0 Å². The number of thiazole rings is 1. The Morgan fingerprint density at radius 2 is 2.26 bits per heavy atom. The average molecular weight is 331 g/mol. The van der Waals surface area contributed by atoms with Crippen LogP contribution < -0.4 is 5.32 Å². The maximum Gasteiger partial charge on any atom is 0.250 e. The zero-order valence-corrected chi connectivity index (χ0v) is 14.0. The van der Waals surface area contributed by atoms with Crippen LogP contribution in [0.15, 0.2) is 35.8 Å². The Hall–Kier alpha value is -1.76. The fraction of sp³-hybridized carbons (Fsp3) is 0.412. The Balaban J connectivity index is 1.51. The summed E-state index contributed by atoms with van der Waals surface area (Å²) in [7, 11) is 0. The third-order valence-electron chi connectivity index (χ3n) is 3.96. The number of nitrogens with zero attached hydrogens (tertiary/aromatic N) is 2. The Bertz CT molecular complexity index is 644. The molecular weight excluding hydrogens is 310 g/mol. The average Bonchev–Trinajstić information content (AvgIpc) is 2.99. The number of amides is 1. The Kier molecular flexibility index (Phi) is 5.38. The first kappa shape index (κ1) is 16.1. The molecule has 1 N–H and O–H groups in total. The molecule has 0 bridgehead atoms. The van der Waals surface area contributed by atoms with Gasteiger partial charge < -0.3 is 10.1 Å². The number of rotatable bonds is 5. The van der Waals surface area contributed by atoms with Crippen LogP contribution in [0.1, 0.15) is 16.1 Å². The molecule has 0 unspecified atom stereocenters. The lowest BCUT2D eigenvalue weighted by Crippen LogP contribution is -2.49. The summed E-state index contributed by atoms with van der Waals surface area (Å²) in [6.45, 7) is 5.39. The summed E-state index contributed by atoms with van der Waals surface area (Å²) < 4.78 is 5.64. The van der Waals surface area contributed by atoms with Crippen LogP contribution in [-0.4, -0.2) is 41.6 Å².